The number of hydrogen-bond acceptors (Lipinski definition) is 0. The molecule has 0 aromatic rings. The second kappa shape index (κ2) is 30.5. The van der Waals surface area contributed by atoms with Gasteiger partial charge >= 0.3 is 0 Å². The van der Waals surface area contributed by atoms with Crippen molar-refractivity contribution >= 4 is 0 Å². The third-order valence-electron chi connectivity index (χ3n) is 8.94. The predicted molar refractivity (Wildman–Crippen MR) is 172 cm³/mol. The van der Waals surface area contributed by atoms with Crippen molar-refractivity contribution in [2.24, 2.45) is 0 Å². The van der Waals surface area contributed by atoms with Crippen molar-refractivity contribution in [3.63, 3.8) is 0 Å². The Bertz CT molecular complexity index is 353. The predicted octanol–water partition coefficient (Wildman–Crippen LogP) is 12.8. The number of unbranched alkanes of at least 4 members (excludes halogenated alkanes) is 24. The van der Waals surface area contributed by atoms with Gasteiger partial charge in [0.25, 0.3) is 0 Å². The Morgan fingerprint density at radius 2 is 0.378 bits per heavy atom. The molecule has 0 saturated heterocycles. The first-order valence-corrected chi connectivity index (χ1v) is 18.1. The van der Waals surface area contributed by atoms with E-state index in [-0.39, 0.29) is 0 Å². The fraction of sp³-hybridized carbons (Fsp3) is 1.00. The summed E-state index contributed by atoms with van der Waals surface area (Å²) in [4.78, 5) is 0. The van der Waals surface area contributed by atoms with E-state index in [1.807, 2.05) is 0 Å². The zero-order chi connectivity index (χ0) is 27.1. The molecule has 0 heterocycles. The average Bonchev–Trinajstić information content (AvgIpc) is 2.91. The minimum Gasteiger partial charge on any atom is -0.324 e. The number of hydrogen-bond donors (Lipinski definition) is 0. The van der Waals surface area contributed by atoms with Gasteiger partial charge in [0, 0.05) is 0 Å². The average molecular weight is 523 g/mol. The van der Waals surface area contributed by atoms with Gasteiger partial charge in [0.05, 0.1) is 26.2 Å². The SMILES string of the molecule is CCCCCCCCCC[N+](CCCCCC)(CCCCCCCCCC)CCCCCCCCCC. The molecule has 0 bridgehead atoms. The molecule has 0 radical (unpaired) electrons. The molecule has 0 rings (SSSR count). The van der Waals surface area contributed by atoms with E-state index in [0.29, 0.717) is 0 Å². The van der Waals surface area contributed by atoms with Gasteiger partial charge in [0.15, 0.2) is 0 Å². The van der Waals surface area contributed by atoms with Crippen LogP contribution in [0.15, 0.2) is 0 Å². The second-order valence-corrected chi connectivity index (χ2v) is 12.7. The lowest BCUT2D eigenvalue weighted by Crippen LogP contribution is -2.50. The maximum atomic E-state index is 2.36. The molecule has 0 unspecified atom stereocenters. The Hall–Kier alpha value is -0.0400. The normalized spacial score (nSPS) is 12.0. The van der Waals surface area contributed by atoms with Gasteiger partial charge in [-0.05, 0) is 51.4 Å². The van der Waals surface area contributed by atoms with Crippen molar-refractivity contribution in [3.8, 4) is 0 Å². The summed E-state index contributed by atoms with van der Waals surface area (Å²) in [6.45, 7) is 15.3. The molecule has 0 saturated carbocycles. The Morgan fingerprint density at radius 3 is 0.595 bits per heavy atom. The fourth-order valence-corrected chi connectivity index (χ4v) is 6.29. The third kappa shape index (κ3) is 26.0. The van der Waals surface area contributed by atoms with Crippen LogP contribution in [0.1, 0.15) is 207 Å². The van der Waals surface area contributed by atoms with Gasteiger partial charge in [-0.3, -0.25) is 0 Å². The van der Waals surface area contributed by atoms with E-state index in [2.05, 4.69) is 27.7 Å². The van der Waals surface area contributed by atoms with E-state index in [4.69, 9.17) is 0 Å². The van der Waals surface area contributed by atoms with Crippen molar-refractivity contribution in [1.29, 1.82) is 0 Å². The Morgan fingerprint density at radius 1 is 0.216 bits per heavy atom. The first kappa shape index (κ1) is 37.0. The number of nitrogens with zero attached hydrogens (tertiary/aromatic N) is 1. The van der Waals surface area contributed by atoms with E-state index in [9.17, 15) is 0 Å². The summed E-state index contributed by atoms with van der Waals surface area (Å²) >= 11 is 0. The van der Waals surface area contributed by atoms with Crippen LogP contribution < -0.4 is 0 Å². The van der Waals surface area contributed by atoms with Crippen molar-refractivity contribution in [2.45, 2.75) is 207 Å². The third-order valence-corrected chi connectivity index (χ3v) is 8.94. The molecule has 0 fully saturated rings. The van der Waals surface area contributed by atoms with Crippen molar-refractivity contribution in [1.82, 2.24) is 0 Å². The van der Waals surface area contributed by atoms with Gasteiger partial charge in [-0.2, -0.15) is 0 Å². The molecule has 224 valence electrons. The number of rotatable bonds is 32. The molecular formula is C36H76N+. The van der Waals surface area contributed by atoms with Gasteiger partial charge in [-0.15, -0.1) is 0 Å². The summed E-state index contributed by atoms with van der Waals surface area (Å²) in [5, 5.41) is 0. The Kier molecular flexibility index (Phi) is 30.5. The standard InChI is InChI=1S/C36H76N/c1-5-9-13-17-20-23-26-30-34-37(33-29-16-12-8-4,35-31-27-24-21-18-14-10-6-2)36-32-28-25-22-19-15-11-7-3/h5-36H2,1-4H3/q+1. The molecule has 0 N–H and O–H groups in total. The van der Waals surface area contributed by atoms with Gasteiger partial charge < -0.3 is 4.48 Å². The molecule has 0 aliphatic rings. The molecule has 1 nitrogen and oxygen atoms in total. The second-order valence-electron chi connectivity index (χ2n) is 12.7. The Labute approximate surface area is 237 Å². The van der Waals surface area contributed by atoms with E-state index in [0.717, 1.165) is 0 Å². The van der Waals surface area contributed by atoms with E-state index >= 15 is 0 Å². The summed E-state index contributed by atoms with van der Waals surface area (Å²) in [5.41, 5.74) is 0. The van der Waals surface area contributed by atoms with Crippen LogP contribution in [0.25, 0.3) is 0 Å². The largest absolute Gasteiger partial charge is 0.324 e. The highest BCUT2D eigenvalue weighted by Gasteiger charge is 2.25. The van der Waals surface area contributed by atoms with Gasteiger partial charge in [-0.1, -0.05) is 156 Å². The summed E-state index contributed by atoms with van der Waals surface area (Å²) in [6.07, 6.45) is 40.8. The molecule has 0 amide bonds. The molecule has 0 spiro atoms. The van der Waals surface area contributed by atoms with Crippen molar-refractivity contribution < 1.29 is 4.48 Å². The minimum atomic E-state index is 1.37. The maximum absolute atomic E-state index is 2.36. The topological polar surface area (TPSA) is 0 Å². The summed E-state index contributed by atoms with van der Waals surface area (Å²) < 4.78 is 1.48. The first-order chi connectivity index (χ1) is 18.2. The smallest absolute Gasteiger partial charge is 0.0786 e. The molecule has 0 atom stereocenters. The van der Waals surface area contributed by atoms with Crippen LogP contribution >= 0.6 is 0 Å². The lowest BCUT2D eigenvalue weighted by atomic mass is 10.0. The fourth-order valence-electron chi connectivity index (χ4n) is 6.29. The molecule has 37 heavy (non-hydrogen) atoms. The lowest BCUT2D eigenvalue weighted by Gasteiger charge is -2.40. The first-order valence-electron chi connectivity index (χ1n) is 18.1. The summed E-state index contributed by atoms with van der Waals surface area (Å²) in [7, 11) is 0. The van der Waals surface area contributed by atoms with Crippen LogP contribution in [0.5, 0.6) is 0 Å². The van der Waals surface area contributed by atoms with E-state index < -0.39 is 0 Å². The highest BCUT2D eigenvalue weighted by molar-refractivity contribution is 4.55. The van der Waals surface area contributed by atoms with Crippen LogP contribution in [0.4, 0.5) is 0 Å². The molecular weight excluding hydrogens is 446 g/mol. The summed E-state index contributed by atoms with van der Waals surface area (Å²) in [5.74, 6) is 0. The van der Waals surface area contributed by atoms with Crippen LogP contribution in [0.2, 0.25) is 0 Å². The van der Waals surface area contributed by atoms with Gasteiger partial charge in [0.1, 0.15) is 0 Å². The van der Waals surface area contributed by atoms with Gasteiger partial charge in [-0.25, -0.2) is 0 Å². The zero-order valence-corrected chi connectivity index (χ0v) is 27.1. The van der Waals surface area contributed by atoms with Crippen LogP contribution in [-0.2, 0) is 0 Å². The monoisotopic (exact) mass is 523 g/mol. The van der Waals surface area contributed by atoms with Crippen LogP contribution in [0.3, 0.4) is 0 Å². The minimum absolute atomic E-state index is 1.37. The highest BCUT2D eigenvalue weighted by atomic mass is 15.3. The van der Waals surface area contributed by atoms with Gasteiger partial charge in [0.2, 0.25) is 0 Å². The number of quaternary nitrogens is 1. The van der Waals surface area contributed by atoms with Crippen molar-refractivity contribution in [2.75, 3.05) is 26.2 Å². The van der Waals surface area contributed by atoms with E-state index in [1.165, 1.54) is 210 Å². The highest BCUT2D eigenvalue weighted by Crippen LogP contribution is 2.21. The zero-order valence-electron chi connectivity index (χ0n) is 27.1. The maximum Gasteiger partial charge on any atom is 0.0786 e. The van der Waals surface area contributed by atoms with Crippen LogP contribution in [0, 0.1) is 0 Å². The van der Waals surface area contributed by atoms with E-state index in [1.54, 1.807) is 0 Å². The quantitative estimate of drug-likeness (QED) is 0.0608. The van der Waals surface area contributed by atoms with Crippen LogP contribution in [-0.4, -0.2) is 30.7 Å². The lowest BCUT2D eigenvalue weighted by molar-refractivity contribution is -0.929. The molecule has 0 aliphatic carbocycles. The molecule has 0 aliphatic heterocycles. The molecule has 1 heteroatoms. The van der Waals surface area contributed by atoms with Crippen molar-refractivity contribution in [3.05, 3.63) is 0 Å². The molecule has 0 aromatic carbocycles. The summed E-state index contributed by atoms with van der Waals surface area (Å²) in [6, 6.07) is 0. The molecule has 0 aromatic heterocycles. The Balaban J connectivity index is 4.68.